The zero-order valence-corrected chi connectivity index (χ0v) is 18.7. The van der Waals surface area contributed by atoms with Gasteiger partial charge in [-0.1, -0.05) is 11.2 Å². The molecule has 0 atom stereocenters. The molecule has 5 rings (SSSR count). The first-order chi connectivity index (χ1) is 16.1. The van der Waals surface area contributed by atoms with Crippen LogP contribution < -0.4 is 5.32 Å². The second kappa shape index (κ2) is 9.54. The molecule has 3 aromatic heterocycles. The number of hydrogen-bond donors (Lipinski definition) is 1. The van der Waals surface area contributed by atoms with E-state index in [9.17, 15) is 4.39 Å². The van der Waals surface area contributed by atoms with Crippen molar-refractivity contribution in [1.29, 1.82) is 0 Å². The predicted molar refractivity (Wildman–Crippen MR) is 125 cm³/mol. The summed E-state index contributed by atoms with van der Waals surface area (Å²) in [5.41, 5.74) is 3.76. The molecule has 0 bridgehead atoms. The lowest BCUT2D eigenvalue weighted by atomic mass is 10.2. The number of likely N-dealkylation sites (tertiary alicyclic amines) is 1. The van der Waals surface area contributed by atoms with Crippen molar-refractivity contribution >= 4 is 5.82 Å². The van der Waals surface area contributed by atoms with Gasteiger partial charge in [0.1, 0.15) is 11.6 Å². The third-order valence-corrected chi connectivity index (χ3v) is 6.00. The molecule has 1 aromatic carbocycles. The zero-order valence-electron chi connectivity index (χ0n) is 18.7. The second-order valence-corrected chi connectivity index (χ2v) is 8.46. The highest BCUT2D eigenvalue weighted by Gasteiger charge is 2.14. The Morgan fingerprint density at radius 2 is 1.88 bits per heavy atom. The summed E-state index contributed by atoms with van der Waals surface area (Å²) in [7, 11) is 0. The highest BCUT2D eigenvalue weighted by atomic mass is 19.1. The first kappa shape index (κ1) is 21.3. The van der Waals surface area contributed by atoms with E-state index in [1.54, 1.807) is 12.1 Å². The van der Waals surface area contributed by atoms with Crippen LogP contribution in [-0.4, -0.2) is 50.8 Å². The highest BCUT2D eigenvalue weighted by Crippen LogP contribution is 2.24. The molecule has 0 saturated carbocycles. The average Bonchev–Trinajstić information content (AvgIpc) is 3.58. The summed E-state index contributed by atoms with van der Waals surface area (Å²) in [6.07, 6.45) is 6.54. The number of benzene rings is 1. The smallest absolute Gasteiger partial charge is 0.259 e. The maximum absolute atomic E-state index is 13.2. The molecule has 1 N–H and O–H groups in total. The fourth-order valence-corrected chi connectivity index (χ4v) is 4.13. The van der Waals surface area contributed by atoms with E-state index in [0.29, 0.717) is 23.8 Å². The van der Waals surface area contributed by atoms with Gasteiger partial charge in [0.15, 0.2) is 0 Å². The van der Waals surface area contributed by atoms with Crippen LogP contribution in [0, 0.1) is 12.7 Å². The molecule has 0 amide bonds. The van der Waals surface area contributed by atoms with Crippen molar-refractivity contribution in [2.75, 3.05) is 31.5 Å². The monoisotopic (exact) mass is 446 g/mol. The molecule has 1 aliphatic rings. The average molecular weight is 447 g/mol. The van der Waals surface area contributed by atoms with E-state index in [1.165, 1.54) is 38.1 Å². The van der Waals surface area contributed by atoms with E-state index in [0.717, 1.165) is 35.7 Å². The Morgan fingerprint density at radius 3 is 2.64 bits per heavy atom. The number of nitrogens with one attached hydrogen (secondary N) is 1. The lowest BCUT2D eigenvalue weighted by Crippen LogP contribution is -2.26. The largest absolute Gasteiger partial charge is 0.369 e. The van der Waals surface area contributed by atoms with E-state index >= 15 is 0 Å². The van der Waals surface area contributed by atoms with Crippen molar-refractivity contribution in [1.82, 2.24) is 24.6 Å². The van der Waals surface area contributed by atoms with Gasteiger partial charge in [-0.2, -0.15) is 4.98 Å². The predicted octanol–water partition coefficient (Wildman–Crippen LogP) is 4.60. The molecular weight excluding hydrogens is 419 g/mol. The van der Waals surface area contributed by atoms with Crippen LogP contribution in [0.5, 0.6) is 0 Å². The number of nitrogens with zero attached hydrogens (tertiary/aromatic N) is 5. The van der Waals surface area contributed by atoms with Gasteiger partial charge in [-0.3, -0.25) is 0 Å². The molecule has 1 aliphatic heterocycles. The van der Waals surface area contributed by atoms with Gasteiger partial charge in [-0.25, -0.2) is 9.37 Å². The van der Waals surface area contributed by atoms with Crippen LogP contribution in [0.3, 0.4) is 0 Å². The topological polar surface area (TPSA) is 72.0 Å². The van der Waals surface area contributed by atoms with Crippen molar-refractivity contribution in [3.05, 3.63) is 71.9 Å². The van der Waals surface area contributed by atoms with Crippen LogP contribution in [0.4, 0.5) is 10.2 Å². The van der Waals surface area contributed by atoms with Gasteiger partial charge >= 0.3 is 0 Å². The van der Waals surface area contributed by atoms with Crippen molar-refractivity contribution in [3.63, 3.8) is 0 Å². The Labute approximate surface area is 192 Å². The van der Waals surface area contributed by atoms with Gasteiger partial charge in [-0.05, 0) is 74.8 Å². The van der Waals surface area contributed by atoms with Crippen LogP contribution in [0.25, 0.3) is 22.8 Å². The first-order valence-electron chi connectivity index (χ1n) is 11.3. The van der Waals surface area contributed by atoms with E-state index in [-0.39, 0.29) is 5.82 Å². The standard InChI is InChI=1S/C25H27FN6O/c1-18-14-21(25-29-24(30-33-25)20-5-7-22(26)8-6-20)17-32(18)16-19-4-9-23(28-15-19)27-10-13-31-11-2-3-12-31/h4-9,14-15,17H,2-3,10-13,16H2,1H3,(H,27,28). The fourth-order valence-electron chi connectivity index (χ4n) is 4.13. The van der Waals surface area contributed by atoms with Gasteiger partial charge in [0, 0.05) is 43.3 Å². The molecule has 0 unspecified atom stereocenters. The molecule has 7 nitrogen and oxygen atoms in total. The minimum absolute atomic E-state index is 0.296. The number of rotatable bonds is 8. The molecule has 4 heterocycles. The molecule has 4 aromatic rings. The van der Waals surface area contributed by atoms with Crippen molar-refractivity contribution < 1.29 is 8.91 Å². The number of aryl methyl sites for hydroxylation is 1. The third kappa shape index (κ3) is 5.12. The third-order valence-electron chi connectivity index (χ3n) is 6.00. The molecule has 1 saturated heterocycles. The minimum Gasteiger partial charge on any atom is -0.369 e. The number of aromatic nitrogens is 4. The highest BCUT2D eigenvalue weighted by molar-refractivity contribution is 5.60. The molecule has 0 radical (unpaired) electrons. The second-order valence-electron chi connectivity index (χ2n) is 8.46. The fraction of sp³-hybridized carbons (Fsp3) is 0.320. The lowest BCUT2D eigenvalue weighted by Gasteiger charge is -2.15. The van der Waals surface area contributed by atoms with E-state index in [2.05, 4.69) is 36.0 Å². The Hall–Kier alpha value is -3.52. The van der Waals surface area contributed by atoms with Crippen molar-refractivity contribution in [2.45, 2.75) is 26.3 Å². The Morgan fingerprint density at radius 1 is 1.06 bits per heavy atom. The SMILES string of the molecule is Cc1cc(-c2nc(-c3ccc(F)cc3)no2)cn1Cc1ccc(NCCN2CCCC2)nc1. The summed E-state index contributed by atoms with van der Waals surface area (Å²) in [5.74, 6) is 1.48. The molecule has 1 fully saturated rings. The van der Waals surface area contributed by atoms with Gasteiger partial charge in [0.2, 0.25) is 5.82 Å². The maximum Gasteiger partial charge on any atom is 0.259 e. The molecule has 8 heteroatoms. The molecule has 0 aliphatic carbocycles. The van der Waals surface area contributed by atoms with Gasteiger partial charge in [0.05, 0.1) is 5.56 Å². The summed E-state index contributed by atoms with van der Waals surface area (Å²) in [5, 5.41) is 7.45. The first-order valence-corrected chi connectivity index (χ1v) is 11.3. The normalized spacial score (nSPS) is 14.1. The number of halogens is 1. The van der Waals surface area contributed by atoms with Crippen molar-refractivity contribution in [3.8, 4) is 22.8 Å². The Bertz CT molecular complexity index is 1190. The zero-order chi connectivity index (χ0) is 22.6. The summed E-state index contributed by atoms with van der Waals surface area (Å²) < 4.78 is 20.7. The van der Waals surface area contributed by atoms with Gasteiger partial charge in [0.25, 0.3) is 5.89 Å². The van der Waals surface area contributed by atoms with Gasteiger partial charge < -0.3 is 19.3 Å². The maximum atomic E-state index is 13.2. The van der Waals surface area contributed by atoms with Crippen LogP contribution in [0.1, 0.15) is 24.1 Å². The van der Waals surface area contributed by atoms with Crippen molar-refractivity contribution in [2.24, 2.45) is 0 Å². The summed E-state index contributed by atoms with van der Waals surface area (Å²) in [6, 6.07) is 12.2. The number of pyridine rings is 1. The van der Waals surface area contributed by atoms with E-state index in [1.807, 2.05) is 31.5 Å². The molecule has 0 spiro atoms. The Kier molecular flexibility index (Phi) is 6.17. The van der Waals surface area contributed by atoms with E-state index in [4.69, 9.17) is 4.52 Å². The Balaban J connectivity index is 1.21. The molecular formula is C25H27FN6O. The van der Waals surface area contributed by atoms with Crippen LogP contribution in [-0.2, 0) is 6.54 Å². The summed E-state index contributed by atoms with van der Waals surface area (Å²) in [4.78, 5) is 11.5. The minimum atomic E-state index is -0.296. The van der Waals surface area contributed by atoms with Crippen LogP contribution >= 0.6 is 0 Å². The number of hydrogen-bond acceptors (Lipinski definition) is 6. The summed E-state index contributed by atoms with van der Waals surface area (Å²) in [6.45, 7) is 7.14. The number of anilines is 1. The van der Waals surface area contributed by atoms with Gasteiger partial charge in [-0.15, -0.1) is 0 Å². The molecule has 170 valence electrons. The van der Waals surface area contributed by atoms with Crippen LogP contribution in [0.15, 0.2) is 59.4 Å². The van der Waals surface area contributed by atoms with Crippen LogP contribution in [0.2, 0.25) is 0 Å². The lowest BCUT2D eigenvalue weighted by molar-refractivity contribution is 0.352. The quantitative estimate of drug-likeness (QED) is 0.426. The summed E-state index contributed by atoms with van der Waals surface area (Å²) >= 11 is 0. The molecule has 33 heavy (non-hydrogen) atoms. The van der Waals surface area contributed by atoms with E-state index < -0.39 is 0 Å².